The monoisotopic (exact) mass is 504 g/mol. The lowest BCUT2D eigenvalue weighted by Gasteiger charge is -2.31. The fraction of sp³-hybridized carbons (Fsp3) is 0.357. The summed E-state index contributed by atoms with van der Waals surface area (Å²) >= 11 is 0. The van der Waals surface area contributed by atoms with Crippen LogP contribution in [0.1, 0.15) is 55.3 Å². The summed E-state index contributed by atoms with van der Waals surface area (Å²) < 4.78 is 5.37. The summed E-state index contributed by atoms with van der Waals surface area (Å²) in [6.07, 6.45) is 1.25. The van der Waals surface area contributed by atoms with E-state index in [-0.39, 0.29) is 42.7 Å². The quantitative estimate of drug-likeness (QED) is 0.388. The van der Waals surface area contributed by atoms with Crippen LogP contribution < -0.4 is 10.6 Å². The number of aryl methyl sites for hydroxylation is 2. The first-order chi connectivity index (χ1) is 17.6. The van der Waals surface area contributed by atoms with Gasteiger partial charge in [-0.05, 0) is 48.1 Å². The van der Waals surface area contributed by atoms with E-state index in [1.54, 1.807) is 18.2 Å². The molecule has 37 heavy (non-hydrogen) atoms. The van der Waals surface area contributed by atoms with Gasteiger partial charge in [0.05, 0.1) is 18.9 Å². The molecule has 9 nitrogen and oxygen atoms in total. The summed E-state index contributed by atoms with van der Waals surface area (Å²) in [6, 6.07) is 15.9. The third kappa shape index (κ3) is 6.35. The number of para-hydroxylation sites is 1. The summed E-state index contributed by atoms with van der Waals surface area (Å²) in [5.74, 6) is -0.421. The zero-order chi connectivity index (χ0) is 26.6. The van der Waals surface area contributed by atoms with Crippen molar-refractivity contribution in [2.75, 3.05) is 17.2 Å². The van der Waals surface area contributed by atoms with E-state index in [2.05, 4.69) is 29.6 Å². The molecule has 1 unspecified atom stereocenters. The molecule has 1 fully saturated rings. The number of carboxylic acids is 1. The van der Waals surface area contributed by atoms with E-state index >= 15 is 0 Å². The van der Waals surface area contributed by atoms with Crippen LogP contribution in [0.15, 0.2) is 59.1 Å². The summed E-state index contributed by atoms with van der Waals surface area (Å²) in [7, 11) is 0. The van der Waals surface area contributed by atoms with Crippen molar-refractivity contribution < 1.29 is 24.0 Å². The van der Waals surface area contributed by atoms with Gasteiger partial charge in [0, 0.05) is 30.4 Å². The second kappa shape index (κ2) is 10.9. The average molecular weight is 505 g/mol. The fourth-order valence-electron chi connectivity index (χ4n) is 4.71. The van der Waals surface area contributed by atoms with Crippen molar-refractivity contribution in [3.8, 4) is 0 Å². The first-order valence-electron chi connectivity index (χ1n) is 12.3. The van der Waals surface area contributed by atoms with Crippen LogP contribution in [-0.2, 0) is 22.4 Å². The van der Waals surface area contributed by atoms with E-state index < -0.39 is 5.97 Å². The molecule has 2 aromatic carbocycles. The van der Waals surface area contributed by atoms with Gasteiger partial charge in [0.2, 0.25) is 5.91 Å². The van der Waals surface area contributed by atoms with Gasteiger partial charge in [0.15, 0.2) is 0 Å². The summed E-state index contributed by atoms with van der Waals surface area (Å²) in [5.41, 5.74) is 3.62. The predicted molar refractivity (Wildman–Crippen MR) is 139 cm³/mol. The van der Waals surface area contributed by atoms with Gasteiger partial charge in [-0.15, -0.1) is 0 Å². The number of urea groups is 1. The Bertz CT molecular complexity index is 1280. The molecular formula is C28H32N4O5. The molecule has 3 aromatic rings. The molecule has 4 rings (SSSR count). The molecule has 0 radical (unpaired) electrons. The number of nitrogens with zero attached hydrogens (tertiary/aromatic N) is 2. The van der Waals surface area contributed by atoms with Crippen LogP contribution in [0.5, 0.6) is 0 Å². The molecule has 0 saturated carbocycles. The van der Waals surface area contributed by atoms with Crippen LogP contribution in [0.4, 0.5) is 16.2 Å². The van der Waals surface area contributed by atoms with Crippen molar-refractivity contribution in [3.63, 3.8) is 0 Å². The SMILES string of the molecule is Cc1ccccc1NC(=O)Nc1ccc(CC(=O)N2CCC(C)(C)C2c2cc(CCC(=O)O)on2)cc1. The number of carbonyl (C=O) groups is 3. The Morgan fingerprint density at radius 2 is 1.84 bits per heavy atom. The summed E-state index contributed by atoms with van der Waals surface area (Å²) in [4.78, 5) is 38.4. The number of hydrogen-bond donors (Lipinski definition) is 3. The Labute approximate surface area is 215 Å². The maximum atomic E-state index is 13.3. The Morgan fingerprint density at radius 1 is 1.11 bits per heavy atom. The van der Waals surface area contributed by atoms with Crippen molar-refractivity contribution in [2.45, 2.75) is 52.5 Å². The van der Waals surface area contributed by atoms with Gasteiger partial charge in [-0.2, -0.15) is 0 Å². The normalized spacial score (nSPS) is 16.4. The van der Waals surface area contributed by atoms with E-state index in [1.165, 1.54) is 0 Å². The van der Waals surface area contributed by atoms with Gasteiger partial charge in [-0.1, -0.05) is 49.3 Å². The standard InChI is InChI=1S/C28H32N4O5/c1-18-6-4-5-7-22(18)30-27(36)29-20-10-8-19(9-11-20)16-24(33)32-15-14-28(2,3)26(32)23-17-21(37-31-23)12-13-25(34)35/h4-11,17,26H,12-16H2,1-3H3,(H,34,35)(H2,29,30,36). The highest BCUT2D eigenvalue weighted by atomic mass is 16.5. The Kier molecular flexibility index (Phi) is 7.61. The summed E-state index contributed by atoms with van der Waals surface area (Å²) in [6.45, 7) is 6.72. The minimum Gasteiger partial charge on any atom is -0.481 e. The molecule has 194 valence electrons. The third-order valence-electron chi connectivity index (χ3n) is 6.77. The van der Waals surface area contributed by atoms with Crippen molar-refractivity contribution in [3.05, 3.63) is 77.2 Å². The van der Waals surface area contributed by atoms with Crippen LogP contribution in [0.25, 0.3) is 0 Å². The Morgan fingerprint density at radius 3 is 2.54 bits per heavy atom. The lowest BCUT2D eigenvalue weighted by atomic mass is 9.83. The number of benzene rings is 2. The fourth-order valence-corrected chi connectivity index (χ4v) is 4.71. The highest BCUT2D eigenvalue weighted by molar-refractivity contribution is 6.00. The predicted octanol–water partition coefficient (Wildman–Crippen LogP) is 5.19. The smallest absolute Gasteiger partial charge is 0.323 e. The molecule has 1 aromatic heterocycles. The number of rotatable bonds is 8. The van der Waals surface area contributed by atoms with Crippen molar-refractivity contribution in [1.82, 2.24) is 10.1 Å². The van der Waals surface area contributed by atoms with Gasteiger partial charge in [0.25, 0.3) is 0 Å². The number of hydrogen-bond acceptors (Lipinski definition) is 5. The maximum absolute atomic E-state index is 13.3. The molecule has 1 saturated heterocycles. The van der Waals surface area contributed by atoms with E-state index in [9.17, 15) is 14.4 Å². The molecule has 0 bridgehead atoms. The van der Waals surface area contributed by atoms with E-state index in [1.807, 2.05) is 48.2 Å². The number of amides is 3. The first kappa shape index (κ1) is 25.9. The highest BCUT2D eigenvalue weighted by Gasteiger charge is 2.45. The van der Waals surface area contributed by atoms with E-state index in [0.29, 0.717) is 23.7 Å². The largest absolute Gasteiger partial charge is 0.481 e. The number of carboxylic acid groups (broad SMARTS) is 1. The number of likely N-dealkylation sites (tertiary alicyclic amines) is 1. The number of aromatic nitrogens is 1. The molecular weight excluding hydrogens is 472 g/mol. The van der Waals surface area contributed by atoms with Crippen LogP contribution in [-0.4, -0.2) is 39.6 Å². The van der Waals surface area contributed by atoms with Gasteiger partial charge in [0.1, 0.15) is 11.5 Å². The average Bonchev–Trinajstić information content (AvgIpc) is 3.43. The molecule has 3 N–H and O–H groups in total. The molecule has 1 atom stereocenters. The molecule has 0 aliphatic carbocycles. The number of nitrogens with one attached hydrogen (secondary N) is 2. The van der Waals surface area contributed by atoms with Gasteiger partial charge in [-0.3, -0.25) is 9.59 Å². The van der Waals surface area contributed by atoms with Gasteiger partial charge >= 0.3 is 12.0 Å². The van der Waals surface area contributed by atoms with Crippen molar-refractivity contribution in [2.24, 2.45) is 5.41 Å². The number of aliphatic carboxylic acids is 1. The van der Waals surface area contributed by atoms with Crippen LogP contribution in [0, 0.1) is 12.3 Å². The molecule has 1 aliphatic rings. The van der Waals surface area contributed by atoms with Gasteiger partial charge < -0.3 is 25.2 Å². The Balaban J connectivity index is 1.38. The Hall–Kier alpha value is -4.14. The topological polar surface area (TPSA) is 125 Å². The number of anilines is 2. The number of carbonyl (C=O) groups excluding carboxylic acids is 2. The van der Waals surface area contributed by atoms with Crippen molar-refractivity contribution in [1.29, 1.82) is 0 Å². The van der Waals surface area contributed by atoms with E-state index in [0.717, 1.165) is 23.2 Å². The minimum atomic E-state index is -0.899. The van der Waals surface area contributed by atoms with Crippen LogP contribution in [0.3, 0.4) is 0 Å². The van der Waals surface area contributed by atoms with Crippen LogP contribution >= 0.6 is 0 Å². The maximum Gasteiger partial charge on any atom is 0.323 e. The van der Waals surface area contributed by atoms with Crippen molar-refractivity contribution >= 4 is 29.3 Å². The third-order valence-corrected chi connectivity index (χ3v) is 6.77. The second-order valence-corrected chi connectivity index (χ2v) is 10.1. The lowest BCUT2D eigenvalue weighted by Crippen LogP contribution is -2.35. The highest BCUT2D eigenvalue weighted by Crippen LogP contribution is 2.46. The van der Waals surface area contributed by atoms with E-state index in [4.69, 9.17) is 9.63 Å². The summed E-state index contributed by atoms with van der Waals surface area (Å²) in [5, 5.41) is 18.7. The molecule has 9 heteroatoms. The minimum absolute atomic E-state index is 0.0244. The first-order valence-corrected chi connectivity index (χ1v) is 12.3. The zero-order valence-electron chi connectivity index (χ0n) is 21.3. The van der Waals surface area contributed by atoms with Gasteiger partial charge in [-0.25, -0.2) is 4.79 Å². The molecule has 0 spiro atoms. The molecule has 2 heterocycles. The molecule has 1 aliphatic heterocycles. The lowest BCUT2D eigenvalue weighted by molar-refractivity contribution is -0.137. The second-order valence-electron chi connectivity index (χ2n) is 10.1. The van der Waals surface area contributed by atoms with Crippen LogP contribution in [0.2, 0.25) is 0 Å². The zero-order valence-corrected chi connectivity index (χ0v) is 21.3. The molecule has 3 amide bonds.